The Kier molecular flexibility index (Phi) is 8.25. The van der Waals surface area contributed by atoms with Gasteiger partial charge in [0.2, 0.25) is 12.2 Å². The van der Waals surface area contributed by atoms with Crippen LogP contribution >= 0.6 is 0 Å². The SMILES string of the molecule is CC1=CCC(c2ccccc2)(c2ccccc2)C=C1.N=C=O.N=C=O. The number of isocyanates is 2. The maximum absolute atomic E-state index is 8.35. The summed E-state index contributed by atoms with van der Waals surface area (Å²) >= 11 is 0. The van der Waals surface area contributed by atoms with Gasteiger partial charge in [0.15, 0.2) is 0 Å². The van der Waals surface area contributed by atoms with Crippen LogP contribution in [0.25, 0.3) is 0 Å². The van der Waals surface area contributed by atoms with Gasteiger partial charge in [-0.1, -0.05) is 84.5 Å². The van der Waals surface area contributed by atoms with E-state index in [1.165, 1.54) is 16.7 Å². The Hall–Kier alpha value is -3.32. The second-order valence-corrected chi connectivity index (χ2v) is 5.39. The van der Waals surface area contributed by atoms with Crippen molar-refractivity contribution >= 4 is 12.2 Å². The van der Waals surface area contributed by atoms with E-state index >= 15 is 0 Å². The normalized spacial score (nSPS) is 13.6. The molecule has 0 aliphatic heterocycles. The molecule has 0 radical (unpaired) electrons. The zero-order valence-electron chi connectivity index (χ0n) is 14.0. The Morgan fingerprint density at radius 2 is 1.24 bits per heavy atom. The molecule has 0 saturated heterocycles. The van der Waals surface area contributed by atoms with Gasteiger partial charge in [0, 0.05) is 5.41 Å². The maximum atomic E-state index is 8.35. The molecule has 2 aromatic rings. The zero-order chi connectivity index (χ0) is 18.5. The predicted molar refractivity (Wildman–Crippen MR) is 98.0 cm³/mol. The van der Waals surface area contributed by atoms with E-state index in [0.29, 0.717) is 0 Å². The molecule has 2 N–H and O–H groups in total. The maximum Gasteiger partial charge on any atom is 0.231 e. The molecule has 0 spiro atoms. The molecule has 4 nitrogen and oxygen atoms in total. The number of carbonyl (C=O) groups excluding carboxylic acids is 2. The molecule has 0 aromatic heterocycles. The van der Waals surface area contributed by atoms with E-state index in [-0.39, 0.29) is 5.41 Å². The van der Waals surface area contributed by atoms with Gasteiger partial charge in [-0.25, -0.2) is 20.4 Å². The standard InChI is InChI=1S/C19H18.2CHNO/c1-16-12-14-19(15-13-16,17-8-4-2-5-9-17)18-10-6-3-7-11-18;2*2-1-3/h2-14H,15H2,1H3;2*2H. The summed E-state index contributed by atoms with van der Waals surface area (Å²) in [5.41, 5.74) is 4.06. The molecule has 0 bridgehead atoms. The van der Waals surface area contributed by atoms with E-state index < -0.39 is 0 Å². The Labute approximate surface area is 147 Å². The van der Waals surface area contributed by atoms with Crippen molar-refractivity contribution in [3.05, 3.63) is 95.6 Å². The van der Waals surface area contributed by atoms with E-state index in [9.17, 15) is 0 Å². The number of rotatable bonds is 2. The highest BCUT2D eigenvalue weighted by Crippen LogP contribution is 2.40. The molecule has 3 rings (SSSR count). The lowest BCUT2D eigenvalue weighted by molar-refractivity contribution is 0.562. The summed E-state index contributed by atoms with van der Waals surface area (Å²) in [7, 11) is 0. The van der Waals surface area contributed by atoms with Crippen LogP contribution in [0.3, 0.4) is 0 Å². The molecule has 0 atom stereocenters. The first-order valence-electron chi connectivity index (χ1n) is 7.69. The van der Waals surface area contributed by atoms with Gasteiger partial charge in [0.1, 0.15) is 0 Å². The molecule has 25 heavy (non-hydrogen) atoms. The first-order chi connectivity index (χ1) is 12.1. The number of benzene rings is 2. The lowest BCUT2D eigenvalue weighted by atomic mass is 9.70. The van der Waals surface area contributed by atoms with E-state index in [4.69, 9.17) is 20.4 Å². The predicted octanol–water partition coefficient (Wildman–Crippen LogP) is 4.68. The van der Waals surface area contributed by atoms with E-state index in [1.54, 1.807) is 0 Å². The first-order valence-corrected chi connectivity index (χ1v) is 7.69. The minimum atomic E-state index is -0.0119. The van der Waals surface area contributed by atoms with Gasteiger partial charge < -0.3 is 0 Å². The summed E-state index contributed by atoms with van der Waals surface area (Å²) in [5, 5.41) is 10.8. The summed E-state index contributed by atoms with van der Waals surface area (Å²) in [4.78, 5) is 16.7. The Morgan fingerprint density at radius 1 is 0.840 bits per heavy atom. The van der Waals surface area contributed by atoms with Crippen LogP contribution in [0, 0.1) is 10.8 Å². The minimum Gasteiger partial charge on any atom is -0.222 e. The number of hydrogen-bond acceptors (Lipinski definition) is 4. The summed E-state index contributed by atoms with van der Waals surface area (Å²) < 4.78 is 0. The lowest BCUT2D eigenvalue weighted by Crippen LogP contribution is -2.26. The number of nitrogens with one attached hydrogen (secondary N) is 2. The van der Waals surface area contributed by atoms with Crippen LogP contribution in [0.1, 0.15) is 24.5 Å². The highest BCUT2D eigenvalue weighted by molar-refractivity contribution is 5.48. The van der Waals surface area contributed by atoms with E-state index in [2.05, 4.69) is 85.8 Å². The van der Waals surface area contributed by atoms with Crippen molar-refractivity contribution in [3.8, 4) is 0 Å². The monoisotopic (exact) mass is 332 g/mol. The molecule has 1 aliphatic rings. The van der Waals surface area contributed by atoms with Crippen molar-refractivity contribution in [1.82, 2.24) is 0 Å². The van der Waals surface area contributed by atoms with Gasteiger partial charge >= 0.3 is 0 Å². The van der Waals surface area contributed by atoms with E-state index in [1.807, 2.05) is 0 Å². The largest absolute Gasteiger partial charge is 0.231 e. The molecule has 0 saturated carbocycles. The smallest absolute Gasteiger partial charge is 0.222 e. The second-order valence-electron chi connectivity index (χ2n) is 5.39. The third-order valence-electron chi connectivity index (χ3n) is 3.95. The van der Waals surface area contributed by atoms with Crippen LogP contribution in [-0.2, 0) is 15.0 Å². The molecule has 0 amide bonds. The fraction of sp³-hybridized carbons (Fsp3) is 0.143. The van der Waals surface area contributed by atoms with Crippen LogP contribution in [0.4, 0.5) is 0 Å². The quantitative estimate of drug-likeness (QED) is 0.618. The molecule has 0 unspecified atom stereocenters. The number of hydrogen-bond donors (Lipinski definition) is 2. The fourth-order valence-electron chi connectivity index (χ4n) is 2.80. The fourth-order valence-corrected chi connectivity index (χ4v) is 2.80. The molecule has 0 heterocycles. The summed E-state index contributed by atoms with van der Waals surface area (Å²) in [6.45, 7) is 2.16. The summed E-state index contributed by atoms with van der Waals surface area (Å²) in [5.74, 6) is 0. The minimum absolute atomic E-state index is 0.0119. The molecule has 2 aromatic carbocycles. The molecule has 1 aliphatic carbocycles. The molecule has 126 valence electrons. The van der Waals surface area contributed by atoms with Gasteiger partial charge in [0.05, 0.1) is 0 Å². The van der Waals surface area contributed by atoms with Crippen molar-refractivity contribution < 1.29 is 9.59 Å². The topological polar surface area (TPSA) is 81.8 Å². The Balaban J connectivity index is 0.000000460. The van der Waals surface area contributed by atoms with Crippen LogP contribution < -0.4 is 0 Å². The van der Waals surface area contributed by atoms with Crippen LogP contribution in [0.15, 0.2) is 84.5 Å². The summed E-state index contributed by atoms with van der Waals surface area (Å²) in [6, 6.07) is 21.6. The van der Waals surface area contributed by atoms with Gasteiger partial charge in [-0.2, -0.15) is 0 Å². The van der Waals surface area contributed by atoms with Crippen molar-refractivity contribution in [2.75, 3.05) is 0 Å². The van der Waals surface area contributed by atoms with Crippen LogP contribution in [0.5, 0.6) is 0 Å². The van der Waals surface area contributed by atoms with Crippen molar-refractivity contribution in [3.63, 3.8) is 0 Å². The highest BCUT2D eigenvalue weighted by atomic mass is 16.1. The zero-order valence-corrected chi connectivity index (χ0v) is 14.0. The lowest BCUT2D eigenvalue weighted by Gasteiger charge is -2.33. The van der Waals surface area contributed by atoms with Crippen molar-refractivity contribution in [2.24, 2.45) is 0 Å². The molecular formula is C21H20N2O2. The summed E-state index contributed by atoms with van der Waals surface area (Å²) in [6.07, 6.45) is 9.46. The Morgan fingerprint density at radius 3 is 1.56 bits per heavy atom. The third kappa shape index (κ3) is 5.36. The average molecular weight is 332 g/mol. The van der Waals surface area contributed by atoms with Gasteiger partial charge in [-0.15, -0.1) is 0 Å². The molecular weight excluding hydrogens is 312 g/mol. The Bertz CT molecular complexity index is 730. The van der Waals surface area contributed by atoms with Gasteiger partial charge in [-0.3, -0.25) is 0 Å². The highest BCUT2D eigenvalue weighted by Gasteiger charge is 2.31. The van der Waals surface area contributed by atoms with Gasteiger partial charge in [0.25, 0.3) is 0 Å². The van der Waals surface area contributed by atoms with E-state index in [0.717, 1.165) is 18.6 Å². The second kappa shape index (κ2) is 10.5. The average Bonchev–Trinajstić information content (AvgIpc) is 2.65. The first kappa shape index (κ1) is 19.7. The number of allylic oxidation sites excluding steroid dienone is 4. The molecule has 0 fully saturated rings. The van der Waals surface area contributed by atoms with Gasteiger partial charge in [-0.05, 0) is 24.5 Å². The van der Waals surface area contributed by atoms with Crippen LogP contribution in [0.2, 0.25) is 0 Å². The molecule has 4 heteroatoms. The van der Waals surface area contributed by atoms with Crippen LogP contribution in [-0.4, -0.2) is 12.2 Å². The van der Waals surface area contributed by atoms with Crippen molar-refractivity contribution in [2.45, 2.75) is 18.8 Å². The van der Waals surface area contributed by atoms with Crippen molar-refractivity contribution in [1.29, 1.82) is 10.8 Å². The third-order valence-corrected chi connectivity index (χ3v) is 3.95.